The molecule has 4 rings (SSSR count). The first kappa shape index (κ1) is 20.4. The van der Waals surface area contributed by atoms with Crippen molar-refractivity contribution in [1.29, 1.82) is 0 Å². The molecule has 7 nitrogen and oxygen atoms in total. The van der Waals surface area contributed by atoms with Crippen LogP contribution in [0.15, 0.2) is 60.8 Å². The van der Waals surface area contributed by atoms with Crippen molar-refractivity contribution >= 4 is 40.3 Å². The molecule has 0 aliphatic carbocycles. The molecule has 0 atom stereocenters. The quantitative estimate of drug-likeness (QED) is 0.429. The average Bonchev–Trinajstić information content (AvgIpc) is 3.39. The molecule has 4 aromatic rings. The second-order valence-electron chi connectivity index (χ2n) is 7.36. The Morgan fingerprint density at radius 2 is 2.03 bits per heavy atom. The van der Waals surface area contributed by atoms with Crippen molar-refractivity contribution in [2.24, 2.45) is 7.05 Å². The lowest BCUT2D eigenvalue weighted by atomic mass is 10.1. The minimum Gasteiger partial charge on any atom is -0.395 e. The summed E-state index contributed by atoms with van der Waals surface area (Å²) in [5.41, 5.74) is 4.82. The number of rotatable bonds is 7. The Morgan fingerprint density at radius 3 is 2.81 bits per heavy atom. The van der Waals surface area contributed by atoms with Gasteiger partial charge in [0.25, 0.3) is 5.91 Å². The fraction of sp³-hybridized carbons (Fsp3) is 0.167. The smallest absolute Gasteiger partial charge is 0.272 e. The van der Waals surface area contributed by atoms with Crippen LogP contribution in [-0.2, 0) is 7.05 Å². The lowest BCUT2D eigenvalue weighted by Gasteiger charge is -2.20. The van der Waals surface area contributed by atoms with Crippen molar-refractivity contribution in [3.63, 3.8) is 0 Å². The molecule has 2 aromatic carbocycles. The highest BCUT2D eigenvalue weighted by molar-refractivity contribution is 6.05. The largest absolute Gasteiger partial charge is 0.395 e. The van der Waals surface area contributed by atoms with Crippen molar-refractivity contribution in [3.8, 4) is 0 Å². The molecule has 0 spiro atoms. The van der Waals surface area contributed by atoms with Crippen LogP contribution < -0.4 is 10.2 Å². The van der Waals surface area contributed by atoms with Gasteiger partial charge in [0.2, 0.25) is 0 Å². The molecule has 2 aromatic heterocycles. The number of aliphatic hydroxyl groups excluding tert-OH is 1. The number of anilines is 2. The topological polar surface area (TPSA) is 86.2 Å². The Labute approximate surface area is 180 Å². The van der Waals surface area contributed by atoms with Crippen LogP contribution in [0.25, 0.3) is 23.1 Å². The molecule has 3 N–H and O–H groups in total. The summed E-state index contributed by atoms with van der Waals surface area (Å²) in [5, 5.41) is 20.7. The summed E-state index contributed by atoms with van der Waals surface area (Å²) in [5.74, 6) is -0.186. The van der Waals surface area contributed by atoms with Crippen molar-refractivity contribution in [2.45, 2.75) is 0 Å². The highest BCUT2D eigenvalue weighted by Gasteiger charge is 2.13. The van der Waals surface area contributed by atoms with Crippen molar-refractivity contribution in [1.82, 2.24) is 14.8 Å². The number of likely N-dealkylation sites (N-methyl/N-ethyl adjacent to an activating group) is 1. The Bertz CT molecular complexity index is 1240. The van der Waals surface area contributed by atoms with Crippen LogP contribution >= 0.6 is 0 Å². The number of aromatic amines is 1. The maximum Gasteiger partial charge on any atom is 0.272 e. The number of carbonyl (C=O) groups is 1. The van der Waals surface area contributed by atoms with Crippen LogP contribution in [0.1, 0.15) is 21.7 Å². The summed E-state index contributed by atoms with van der Waals surface area (Å²) in [6.45, 7) is 0.551. The molecule has 158 valence electrons. The molecule has 0 saturated heterocycles. The van der Waals surface area contributed by atoms with E-state index in [0.29, 0.717) is 17.9 Å². The van der Waals surface area contributed by atoms with Gasteiger partial charge in [0.05, 0.1) is 23.5 Å². The highest BCUT2D eigenvalue weighted by atomic mass is 16.3. The SMILES string of the molecule is CN(CCO)c1ccc(C=Cc2n[nH]c3ccccc23)c(NC(=O)c2cccn2C)c1. The molecular formula is C24H25N5O2. The van der Waals surface area contributed by atoms with E-state index in [1.807, 2.05) is 85.9 Å². The molecule has 1 amide bonds. The zero-order valence-electron chi connectivity index (χ0n) is 17.5. The minimum absolute atomic E-state index is 0.0510. The summed E-state index contributed by atoms with van der Waals surface area (Å²) in [4.78, 5) is 14.8. The third-order valence-corrected chi connectivity index (χ3v) is 5.26. The monoisotopic (exact) mass is 415 g/mol. The highest BCUT2D eigenvalue weighted by Crippen LogP contribution is 2.26. The lowest BCUT2D eigenvalue weighted by Crippen LogP contribution is -2.22. The number of hydrogen-bond donors (Lipinski definition) is 3. The van der Waals surface area contributed by atoms with Gasteiger partial charge in [-0.2, -0.15) is 5.10 Å². The van der Waals surface area contributed by atoms with Gasteiger partial charge in [0, 0.05) is 37.9 Å². The normalized spacial score (nSPS) is 11.3. The zero-order chi connectivity index (χ0) is 21.8. The van der Waals surface area contributed by atoms with Crippen molar-refractivity contribution in [3.05, 3.63) is 77.7 Å². The number of H-pyrrole nitrogens is 1. The van der Waals surface area contributed by atoms with E-state index < -0.39 is 0 Å². The van der Waals surface area contributed by atoms with Crippen LogP contribution in [0.4, 0.5) is 11.4 Å². The number of aryl methyl sites for hydroxylation is 1. The molecular weight excluding hydrogens is 390 g/mol. The number of aromatic nitrogens is 3. The molecule has 0 fully saturated rings. The van der Waals surface area contributed by atoms with E-state index in [-0.39, 0.29) is 12.5 Å². The molecule has 0 unspecified atom stereocenters. The molecule has 0 bridgehead atoms. The number of para-hydroxylation sites is 1. The summed E-state index contributed by atoms with van der Waals surface area (Å²) in [7, 11) is 3.74. The van der Waals surface area contributed by atoms with Crippen LogP contribution in [0.2, 0.25) is 0 Å². The van der Waals surface area contributed by atoms with Crippen LogP contribution in [-0.4, -0.2) is 46.0 Å². The fourth-order valence-electron chi connectivity index (χ4n) is 3.48. The number of aliphatic hydroxyl groups is 1. The van der Waals surface area contributed by atoms with E-state index in [9.17, 15) is 9.90 Å². The molecule has 0 aliphatic rings. The van der Waals surface area contributed by atoms with Gasteiger partial charge in [-0.15, -0.1) is 0 Å². The van der Waals surface area contributed by atoms with E-state index in [2.05, 4.69) is 15.5 Å². The van der Waals surface area contributed by atoms with Crippen molar-refractivity contribution < 1.29 is 9.90 Å². The summed E-state index contributed by atoms with van der Waals surface area (Å²) in [6, 6.07) is 17.4. The van der Waals surface area contributed by atoms with Gasteiger partial charge < -0.3 is 19.9 Å². The number of nitrogens with one attached hydrogen (secondary N) is 2. The zero-order valence-corrected chi connectivity index (χ0v) is 17.5. The third-order valence-electron chi connectivity index (χ3n) is 5.26. The van der Waals surface area contributed by atoms with Gasteiger partial charge in [-0.3, -0.25) is 9.89 Å². The average molecular weight is 415 g/mol. The lowest BCUT2D eigenvalue weighted by molar-refractivity contribution is 0.101. The van der Waals surface area contributed by atoms with E-state index in [0.717, 1.165) is 27.8 Å². The maximum absolute atomic E-state index is 12.8. The molecule has 0 aliphatic heterocycles. The minimum atomic E-state index is -0.186. The number of hydrogen-bond acceptors (Lipinski definition) is 4. The second kappa shape index (κ2) is 8.89. The predicted molar refractivity (Wildman–Crippen MR) is 125 cm³/mol. The molecule has 0 saturated carbocycles. The molecule has 7 heteroatoms. The summed E-state index contributed by atoms with van der Waals surface area (Å²) in [6.07, 6.45) is 5.71. The van der Waals surface area contributed by atoms with Gasteiger partial charge in [0.1, 0.15) is 5.69 Å². The van der Waals surface area contributed by atoms with Gasteiger partial charge in [-0.25, -0.2) is 0 Å². The third kappa shape index (κ3) is 4.36. The molecule has 31 heavy (non-hydrogen) atoms. The van der Waals surface area contributed by atoms with Crippen LogP contribution in [0.5, 0.6) is 0 Å². The van der Waals surface area contributed by atoms with Gasteiger partial charge >= 0.3 is 0 Å². The standard InChI is InChI=1S/C24H25N5O2/c1-28(14-15-30)18-11-9-17(10-12-21-19-6-3-4-7-20(19)26-27-21)22(16-18)25-24(31)23-8-5-13-29(23)2/h3-13,16,30H,14-15H2,1-2H3,(H,25,31)(H,26,27). The Balaban J connectivity index is 1.68. The number of fused-ring (bicyclic) bond motifs is 1. The van der Waals surface area contributed by atoms with Crippen molar-refractivity contribution in [2.75, 3.05) is 30.4 Å². The van der Waals surface area contributed by atoms with E-state index in [4.69, 9.17) is 0 Å². The van der Waals surface area contributed by atoms with Crippen LogP contribution in [0, 0.1) is 0 Å². The predicted octanol–water partition coefficient (Wildman–Crippen LogP) is 3.75. The number of nitrogens with zero attached hydrogens (tertiary/aromatic N) is 3. The summed E-state index contributed by atoms with van der Waals surface area (Å²) >= 11 is 0. The Morgan fingerprint density at radius 1 is 1.19 bits per heavy atom. The summed E-state index contributed by atoms with van der Waals surface area (Å²) < 4.78 is 1.78. The van der Waals surface area contributed by atoms with Gasteiger partial charge in [0.15, 0.2) is 0 Å². The van der Waals surface area contributed by atoms with Crippen LogP contribution in [0.3, 0.4) is 0 Å². The Hall–Kier alpha value is -3.84. The second-order valence-corrected chi connectivity index (χ2v) is 7.36. The number of amides is 1. The first-order valence-electron chi connectivity index (χ1n) is 10.1. The molecule has 0 radical (unpaired) electrons. The molecule has 2 heterocycles. The van der Waals surface area contributed by atoms with E-state index in [1.165, 1.54) is 0 Å². The van der Waals surface area contributed by atoms with E-state index in [1.54, 1.807) is 10.6 Å². The van der Waals surface area contributed by atoms with E-state index >= 15 is 0 Å². The number of carbonyl (C=O) groups excluding carboxylic acids is 1. The van der Waals surface area contributed by atoms with Gasteiger partial charge in [-0.05, 0) is 42.0 Å². The van der Waals surface area contributed by atoms with Gasteiger partial charge in [-0.1, -0.05) is 30.3 Å². The first-order chi connectivity index (χ1) is 15.1. The first-order valence-corrected chi connectivity index (χ1v) is 10.1. The fourth-order valence-corrected chi connectivity index (χ4v) is 3.48. The maximum atomic E-state index is 12.8. The Kier molecular flexibility index (Phi) is 5.86. The number of benzene rings is 2.